The second kappa shape index (κ2) is 6.54. The van der Waals surface area contributed by atoms with Gasteiger partial charge < -0.3 is 10.2 Å². The zero-order chi connectivity index (χ0) is 16.4. The van der Waals surface area contributed by atoms with Crippen LogP contribution in [0.15, 0.2) is 41.0 Å². The number of rotatable bonds is 2. The second-order valence-electron chi connectivity index (χ2n) is 5.13. The van der Waals surface area contributed by atoms with Crippen LogP contribution in [0.1, 0.15) is 6.92 Å². The van der Waals surface area contributed by atoms with Crippen LogP contribution >= 0.6 is 15.9 Å². The third-order valence-corrected chi connectivity index (χ3v) is 4.24. The van der Waals surface area contributed by atoms with Crippen molar-refractivity contribution in [2.24, 2.45) is 0 Å². The molecule has 1 aromatic heterocycles. The monoisotopic (exact) mass is 378 g/mol. The van der Waals surface area contributed by atoms with Gasteiger partial charge in [0, 0.05) is 30.3 Å². The highest BCUT2D eigenvalue weighted by atomic mass is 79.9. The first-order valence-electron chi connectivity index (χ1n) is 7.33. The molecule has 23 heavy (non-hydrogen) atoms. The molecule has 0 saturated carbocycles. The average molecular weight is 379 g/mol. The summed E-state index contributed by atoms with van der Waals surface area (Å²) in [5.74, 6) is 0.291. The molecule has 0 bridgehead atoms. The first kappa shape index (κ1) is 15.7. The molecule has 1 aliphatic heterocycles. The van der Waals surface area contributed by atoms with Crippen molar-refractivity contribution in [1.82, 2.24) is 4.98 Å². The van der Waals surface area contributed by atoms with E-state index < -0.39 is 5.82 Å². The van der Waals surface area contributed by atoms with Crippen molar-refractivity contribution in [2.75, 3.05) is 34.8 Å². The van der Waals surface area contributed by atoms with Crippen molar-refractivity contribution < 1.29 is 9.18 Å². The molecule has 0 fully saturated rings. The molecule has 0 radical (unpaired) electrons. The lowest BCUT2D eigenvalue weighted by Crippen LogP contribution is -2.46. The zero-order valence-corrected chi connectivity index (χ0v) is 14.2. The van der Waals surface area contributed by atoms with Crippen LogP contribution in [0.3, 0.4) is 0 Å². The van der Waals surface area contributed by atoms with Crippen LogP contribution < -0.4 is 15.1 Å². The molecule has 0 saturated heterocycles. The van der Waals surface area contributed by atoms with E-state index in [2.05, 4.69) is 31.1 Å². The first-order chi connectivity index (χ1) is 11.1. The third-order valence-electron chi connectivity index (χ3n) is 3.75. The van der Waals surface area contributed by atoms with Gasteiger partial charge in [0.1, 0.15) is 5.82 Å². The molecule has 1 aromatic carbocycles. The van der Waals surface area contributed by atoms with Gasteiger partial charge in [-0.1, -0.05) is 15.9 Å². The lowest BCUT2D eigenvalue weighted by Gasteiger charge is -2.35. The molecule has 2 heterocycles. The van der Waals surface area contributed by atoms with E-state index in [0.29, 0.717) is 17.6 Å². The van der Waals surface area contributed by atoms with Gasteiger partial charge in [-0.3, -0.25) is 4.90 Å². The Bertz CT molecular complexity index is 740. The number of pyridine rings is 1. The molecule has 0 unspecified atom stereocenters. The number of urea groups is 1. The summed E-state index contributed by atoms with van der Waals surface area (Å²) in [5.41, 5.74) is 0.886. The maximum absolute atomic E-state index is 13.9. The highest BCUT2D eigenvalue weighted by Gasteiger charge is 2.27. The Balaban J connectivity index is 1.85. The van der Waals surface area contributed by atoms with Crippen LogP contribution in [0.5, 0.6) is 0 Å². The van der Waals surface area contributed by atoms with Crippen molar-refractivity contribution >= 4 is 39.2 Å². The van der Waals surface area contributed by atoms with Gasteiger partial charge in [-0.05, 0) is 37.3 Å². The highest BCUT2D eigenvalue weighted by molar-refractivity contribution is 9.10. The van der Waals surface area contributed by atoms with Gasteiger partial charge in [0.05, 0.1) is 11.4 Å². The van der Waals surface area contributed by atoms with E-state index in [4.69, 9.17) is 0 Å². The highest BCUT2D eigenvalue weighted by Crippen LogP contribution is 2.31. The Kier molecular flexibility index (Phi) is 4.47. The number of likely N-dealkylation sites (N-methyl/N-ethyl adjacent to an activating group) is 1. The summed E-state index contributed by atoms with van der Waals surface area (Å²) in [6.45, 7) is 4.08. The van der Waals surface area contributed by atoms with Crippen molar-refractivity contribution in [3.8, 4) is 0 Å². The van der Waals surface area contributed by atoms with Gasteiger partial charge in [0.15, 0.2) is 5.82 Å². The van der Waals surface area contributed by atoms with Gasteiger partial charge in [0.25, 0.3) is 0 Å². The molecule has 3 rings (SSSR count). The van der Waals surface area contributed by atoms with Crippen LogP contribution in [-0.4, -0.2) is 30.6 Å². The number of carbonyl (C=O) groups excluding carboxylic acids is 1. The fourth-order valence-electron chi connectivity index (χ4n) is 2.58. The summed E-state index contributed by atoms with van der Waals surface area (Å²) in [5, 5.41) is 2.63. The topological polar surface area (TPSA) is 48.5 Å². The largest absolute Gasteiger partial charge is 0.353 e. The first-order valence-corrected chi connectivity index (χ1v) is 8.13. The van der Waals surface area contributed by atoms with E-state index >= 15 is 0 Å². The molecule has 120 valence electrons. The summed E-state index contributed by atoms with van der Waals surface area (Å²) in [4.78, 5) is 20.6. The van der Waals surface area contributed by atoms with E-state index in [0.717, 1.165) is 18.1 Å². The van der Waals surface area contributed by atoms with Gasteiger partial charge >= 0.3 is 6.03 Å². The number of hydrogen-bond donors (Lipinski definition) is 1. The van der Waals surface area contributed by atoms with Crippen LogP contribution in [0.2, 0.25) is 0 Å². The number of nitrogens with zero attached hydrogens (tertiary/aromatic N) is 3. The minimum atomic E-state index is -0.480. The molecular formula is C16H16BrFN4O. The number of benzene rings is 1. The normalized spacial score (nSPS) is 13.7. The average Bonchev–Trinajstić information content (AvgIpc) is 2.56. The van der Waals surface area contributed by atoms with Crippen molar-refractivity contribution in [3.05, 3.63) is 46.8 Å². The standard InChI is InChI=1S/C16H16BrFN4O/c1-2-21-8-9-22(14-4-3-7-19-15(14)21)16(23)20-13-6-5-11(17)10-12(13)18/h3-7,10H,2,8-9H2,1H3,(H,20,23). The lowest BCUT2D eigenvalue weighted by atomic mass is 10.2. The van der Waals surface area contributed by atoms with E-state index in [1.165, 1.54) is 12.1 Å². The number of fused-ring (bicyclic) bond motifs is 1. The zero-order valence-electron chi connectivity index (χ0n) is 12.6. The molecule has 0 atom stereocenters. The molecule has 2 aromatic rings. The summed E-state index contributed by atoms with van der Waals surface area (Å²) >= 11 is 3.20. The molecule has 1 N–H and O–H groups in total. The summed E-state index contributed by atoms with van der Waals surface area (Å²) in [7, 11) is 0. The number of amides is 2. The Morgan fingerprint density at radius 2 is 2.22 bits per heavy atom. The van der Waals surface area contributed by atoms with Crippen molar-refractivity contribution in [3.63, 3.8) is 0 Å². The van der Waals surface area contributed by atoms with Crippen LogP contribution in [-0.2, 0) is 0 Å². The molecule has 0 aliphatic carbocycles. The summed E-state index contributed by atoms with van der Waals surface area (Å²) in [6.07, 6.45) is 1.71. The van der Waals surface area contributed by atoms with E-state index in [1.54, 1.807) is 23.2 Å². The maximum atomic E-state index is 13.9. The Hall–Kier alpha value is -2.15. The number of carbonyl (C=O) groups is 1. The van der Waals surface area contributed by atoms with Crippen LogP contribution in [0, 0.1) is 5.82 Å². The smallest absolute Gasteiger partial charge is 0.326 e. The van der Waals surface area contributed by atoms with E-state index in [-0.39, 0.29) is 11.7 Å². The maximum Gasteiger partial charge on any atom is 0.326 e. The number of nitrogens with one attached hydrogen (secondary N) is 1. The predicted octanol–water partition coefficient (Wildman–Crippen LogP) is 3.86. The number of aromatic nitrogens is 1. The molecular weight excluding hydrogens is 363 g/mol. The van der Waals surface area contributed by atoms with Crippen molar-refractivity contribution in [1.29, 1.82) is 0 Å². The van der Waals surface area contributed by atoms with Gasteiger partial charge in [-0.2, -0.15) is 0 Å². The Labute approximate surface area is 142 Å². The number of anilines is 3. The summed E-state index contributed by atoms with van der Waals surface area (Å²) < 4.78 is 14.5. The Morgan fingerprint density at radius 1 is 1.39 bits per heavy atom. The third kappa shape index (κ3) is 3.14. The van der Waals surface area contributed by atoms with Crippen molar-refractivity contribution in [2.45, 2.75) is 6.92 Å². The predicted molar refractivity (Wildman–Crippen MR) is 92.6 cm³/mol. The fraction of sp³-hybridized carbons (Fsp3) is 0.250. The lowest BCUT2D eigenvalue weighted by molar-refractivity contribution is 0.256. The minimum absolute atomic E-state index is 0.154. The summed E-state index contributed by atoms with van der Waals surface area (Å²) in [6, 6.07) is 7.81. The minimum Gasteiger partial charge on any atom is -0.353 e. The Morgan fingerprint density at radius 3 is 2.96 bits per heavy atom. The van der Waals surface area contributed by atoms with Crippen LogP contribution in [0.25, 0.3) is 0 Å². The molecule has 5 nitrogen and oxygen atoms in total. The number of halogens is 2. The fourth-order valence-corrected chi connectivity index (χ4v) is 2.92. The quantitative estimate of drug-likeness (QED) is 0.862. The molecule has 2 amide bonds. The van der Waals surface area contributed by atoms with E-state index in [9.17, 15) is 9.18 Å². The second-order valence-corrected chi connectivity index (χ2v) is 6.05. The van der Waals surface area contributed by atoms with E-state index in [1.807, 2.05) is 13.0 Å². The van der Waals surface area contributed by atoms with Gasteiger partial charge in [0.2, 0.25) is 0 Å². The molecule has 1 aliphatic rings. The van der Waals surface area contributed by atoms with Crippen LogP contribution in [0.4, 0.5) is 26.4 Å². The SMILES string of the molecule is CCN1CCN(C(=O)Nc2ccc(Br)cc2F)c2cccnc21. The van der Waals surface area contributed by atoms with Gasteiger partial charge in [-0.15, -0.1) is 0 Å². The molecule has 0 spiro atoms. The number of hydrogen-bond acceptors (Lipinski definition) is 3. The van der Waals surface area contributed by atoms with Gasteiger partial charge in [-0.25, -0.2) is 14.2 Å². The molecule has 7 heteroatoms.